The lowest BCUT2D eigenvalue weighted by Crippen LogP contribution is -2.15. The highest BCUT2D eigenvalue weighted by atomic mass is 32.2. The van der Waals surface area contributed by atoms with Gasteiger partial charge in [0.1, 0.15) is 0 Å². The normalized spacial score (nSPS) is 13.1. The van der Waals surface area contributed by atoms with Gasteiger partial charge in [0.15, 0.2) is 0 Å². The molecule has 0 saturated carbocycles. The van der Waals surface area contributed by atoms with Crippen LogP contribution < -0.4 is 0 Å². The molecule has 338 valence electrons. The number of aliphatic hydroxyl groups is 2. The summed E-state index contributed by atoms with van der Waals surface area (Å²) >= 11 is 0. The molecule has 0 radical (unpaired) electrons. The average molecular weight is 837 g/mol. The molecule has 0 spiro atoms. The Balaban J connectivity index is -0.000000687. The number of carbonyl (C=O) groups is 2. The lowest BCUT2D eigenvalue weighted by molar-refractivity contribution is -0.140. The number of benzene rings is 1. The summed E-state index contributed by atoms with van der Waals surface area (Å²) in [6.45, 7) is 10.7. The molecule has 0 unspecified atom stereocenters. The summed E-state index contributed by atoms with van der Waals surface area (Å²) in [6.07, 6.45) is 21.6. The average Bonchev–Trinajstić information content (AvgIpc) is 3.17. The highest BCUT2D eigenvalue weighted by Crippen LogP contribution is 2.15. The van der Waals surface area contributed by atoms with Crippen LogP contribution >= 0.6 is 0 Å². The summed E-state index contributed by atoms with van der Waals surface area (Å²) in [4.78, 5) is 20.8. The van der Waals surface area contributed by atoms with Gasteiger partial charge < -0.3 is 34.6 Å². The Kier molecular flexibility index (Phi) is 43.6. The zero-order chi connectivity index (χ0) is 43.7. The van der Waals surface area contributed by atoms with E-state index in [-0.39, 0.29) is 49.3 Å². The van der Waals surface area contributed by atoms with Gasteiger partial charge in [0.25, 0.3) is 10.1 Å². The van der Waals surface area contributed by atoms with E-state index in [1.807, 2.05) is 13.8 Å². The number of carboxylic acids is 2. The third kappa shape index (κ3) is 41.8. The molecule has 13 heteroatoms. The number of unbranched alkanes of at least 4 members (excludes halogenated alkanes) is 12. The predicted octanol–water partition coefficient (Wildman–Crippen LogP) is 9.89. The Hall–Kier alpha value is -2.13. The second kappa shape index (κ2) is 42.0. The second-order valence-electron chi connectivity index (χ2n) is 14.6. The van der Waals surface area contributed by atoms with Crippen LogP contribution in [-0.4, -0.2) is 99.7 Å². The van der Waals surface area contributed by atoms with Crippen LogP contribution in [0.4, 0.5) is 0 Å². The maximum Gasteiger partial charge on any atom is 0.305 e. The maximum atomic E-state index is 11.8. The highest BCUT2D eigenvalue weighted by Gasteiger charge is 2.15. The smallest absolute Gasteiger partial charge is 0.305 e. The molecule has 0 aliphatic rings. The van der Waals surface area contributed by atoms with Gasteiger partial charge in [-0.1, -0.05) is 135 Å². The van der Waals surface area contributed by atoms with Crippen molar-refractivity contribution in [3.05, 3.63) is 29.8 Å². The minimum Gasteiger partial charge on any atom is -0.481 e. The van der Waals surface area contributed by atoms with Gasteiger partial charge in [-0.2, -0.15) is 8.42 Å². The first kappa shape index (κ1) is 59.2. The Bertz CT molecular complexity index is 1130. The van der Waals surface area contributed by atoms with Crippen molar-refractivity contribution in [1.29, 1.82) is 0 Å². The van der Waals surface area contributed by atoms with E-state index in [4.69, 9.17) is 33.7 Å². The Morgan fingerprint density at radius 3 is 1.46 bits per heavy atom. The zero-order valence-electron chi connectivity index (χ0n) is 37.1. The number of methoxy groups -OCH3 is 3. The van der Waals surface area contributed by atoms with Gasteiger partial charge in [0, 0.05) is 27.9 Å². The fourth-order valence-corrected chi connectivity index (χ4v) is 6.40. The quantitative estimate of drug-likeness (QED) is 0.0398. The number of hydrogen-bond donors (Lipinski definition) is 4. The van der Waals surface area contributed by atoms with Crippen LogP contribution in [0.5, 0.6) is 0 Å². The number of rotatable bonds is 32. The third-order valence-electron chi connectivity index (χ3n) is 9.31. The van der Waals surface area contributed by atoms with Gasteiger partial charge in [0.2, 0.25) is 0 Å². The number of aryl methyl sites for hydroxylation is 1. The third-order valence-corrected chi connectivity index (χ3v) is 10.6. The van der Waals surface area contributed by atoms with Crippen molar-refractivity contribution < 1.29 is 56.8 Å². The van der Waals surface area contributed by atoms with Crippen molar-refractivity contribution in [2.24, 2.45) is 0 Å². The van der Waals surface area contributed by atoms with E-state index in [2.05, 4.69) is 20.8 Å². The van der Waals surface area contributed by atoms with Gasteiger partial charge in [-0.25, -0.2) is 0 Å². The summed E-state index contributed by atoms with van der Waals surface area (Å²) in [6, 6.07) is 6.58. The minimum absolute atomic E-state index is 0.0109. The van der Waals surface area contributed by atoms with Gasteiger partial charge in [0.05, 0.1) is 48.8 Å². The lowest BCUT2D eigenvalue weighted by atomic mass is 10.1. The minimum atomic E-state index is -3.64. The molecule has 0 aliphatic carbocycles. The van der Waals surface area contributed by atoms with Crippen LogP contribution in [0.25, 0.3) is 0 Å². The van der Waals surface area contributed by atoms with E-state index < -0.39 is 28.2 Å². The lowest BCUT2D eigenvalue weighted by Gasteiger charge is -2.13. The molecule has 0 heterocycles. The van der Waals surface area contributed by atoms with Crippen LogP contribution in [0.2, 0.25) is 0 Å². The van der Waals surface area contributed by atoms with Gasteiger partial charge in [-0.15, -0.1) is 0 Å². The number of ether oxygens (including phenoxy) is 3. The van der Waals surface area contributed by atoms with Crippen molar-refractivity contribution in [1.82, 2.24) is 0 Å². The molecule has 4 N–H and O–H groups in total. The van der Waals surface area contributed by atoms with Crippen LogP contribution in [0.1, 0.15) is 175 Å². The molecule has 12 nitrogen and oxygen atoms in total. The number of aliphatic carboxylic acids is 2. The van der Waals surface area contributed by atoms with Crippen molar-refractivity contribution in [2.45, 2.75) is 205 Å². The monoisotopic (exact) mass is 837 g/mol. The van der Waals surface area contributed by atoms with E-state index in [1.165, 1.54) is 77.0 Å². The predicted molar refractivity (Wildman–Crippen MR) is 229 cm³/mol. The Labute approximate surface area is 347 Å². The number of carboxylic acid groups (broad SMARTS) is 2. The maximum absolute atomic E-state index is 11.8. The molecule has 1 aromatic carbocycles. The van der Waals surface area contributed by atoms with Crippen molar-refractivity contribution >= 4 is 22.1 Å². The van der Waals surface area contributed by atoms with Crippen LogP contribution in [0.3, 0.4) is 0 Å². The summed E-state index contributed by atoms with van der Waals surface area (Å²) in [7, 11) is 1.26. The molecule has 57 heavy (non-hydrogen) atoms. The SMILES string of the molecule is CCCCCCC[C@@H](O)CC(=O)O.CCCCCCC[C@H](CC(=O)O)OC.CCCCCCC[C@H](CCO)OC.CO[C@H](C)CCOS(=O)(=O)c1ccc(C)cc1. The Morgan fingerprint density at radius 2 is 1.05 bits per heavy atom. The first-order chi connectivity index (χ1) is 27.2. The fourth-order valence-electron chi connectivity index (χ4n) is 5.47. The first-order valence-electron chi connectivity index (χ1n) is 21.4. The molecule has 0 aliphatic heterocycles. The molecule has 1 rings (SSSR count). The highest BCUT2D eigenvalue weighted by molar-refractivity contribution is 7.86. The topological polar surface area (TPSA) is 186 Å². The van der Waals surface area contributed by atoms with Gasteiger partial charge in [-0.3, -0.25) is 13.8 Å². The molecule has 0 fully saturated rings. The second-order valence-corrected chi connectivity index (χ2v) is 16.2. The van der Waals surface area contributed by atoms with Crippen molar-refractivity contribution in [2.75, 3.05) is 34.5 Å². The molecule has 0 aromatic heterocycles. The van der Waals surface area contributed by atoms with Crippen LogP contribution in [-0.2, 0) is 38.1 Å². The molecule has 4 atom stereocenters. The van der Waals surface area contributed by atoms with E-state index in [0.29, 0.717) is 12.8 Å². The zero-order valence-corrected chi connectivity index (χ0v) is 37.9. The molecule has 0 bridgehead atoms. The molecular formula is C44H84O12S. The fraction of sp³-hybridized carbons (Fsp3) is 0.818. The molecule has 0 amide bonds. The van der Waals surface area contributed by atoms with Crippen LogP contribution in [0.15, 0.2) is 29.2 Å². The van der Waals surface area contributed by atoms with E-state index >= 15 is 0 Å². The van der Waals surface area contributed by atoms with Crippen molar-refractivity contribution in [3.63, 3.8) is 0 Å². The molecule has 0 saturated heterocycles. The first-order valence-corrected chi connectivity index (χ1v) is 22.8. The number of aliphatic hydroxyl groups excluding tert-OH is 2. The van der Waals surface area contributed by atoms with Crippen molar-refractivity contribution in [3.8, 4) is 0 Å². The van der Waals surface area contributed by atoms with Gasteiger partial charge in [-0.05, 0) is 58.1 Å². The van der Waals surface area contributed by atoms with E-state index in [0.717, 1.165) is 44.1 Å². The van der Waals surface area contributed by atoms with E-state index in [1.54, 1.807) is 45.6 Å². The molecular weight excluding hydrogens is 753 g/mol. The van der Waals surface area contributed by atoms with Crippen LogP contribution in [0, 0.1) is 6.92 Å². The number of hydrogen-bond acceptors (Lipinski definition) is 10. The summed E-state index contributed by atoms with van der Waals surface area (Å²) in [5.41, 5.74) is 1.01. The summed E-state index contributed by atoms with van der Waals surface area (Å²) < 4.78 is 43.8. The molecule has 1 aromatic rings. The Morgan fingerprint density at radius 1 is 0.614 bits per heavy atom. The standard InChI is InChI=1S/C12H18O4S.C11H22O3.C11H24O2.C10H20O3/c1-10-4-6-12(7-5-10)17(13,14)16-9-8-11(2)15-3;1-3-4-5-6-7-8-10(14-2)9-11(12)13;1-3-4-5-6-7-8-11(13-2)9-10-12;1-2-3-4-5-6-7-9(11)8-10(12)13/h4-7,11H,8-9H2,1-3H3;10H,3-9H2,1-2H3,(H,12,13);11-12H,3-10H2,1-2H3;9,11H,2-8H2,1H3,(H,12,13)/t11-;10-;11-;9-/m1111/s1. The van der Waals surface area contributed by atoms with Gasteiger partial charge >= 0.3 is 11.9 Å². The summed E-state index contributed by atoms with van der Waals surface area (Å²) in [5, 5.41) is 34.9. The summed E-state index contributed by atoms with van der Waals surface area (Å²) in [5.74, 6) is -1.69. The largest absolute Gasteiger partial charge is 0.481 e. The van der Waals surface area contributed by atoms with E-state index in [9.17, 15) is 23.1 Å².